The monoisotopic (exact) mass is 287 g/mol. The second-order valence-corrected chi connectivity index (χ2v) is 4.51. The van der Waals surface area contributed by atoms with Gasteiger partial charge in [-0.25, -0.2) is 4.98 Å². The number of carbonyl (C=O) groups excluding carboxylic acids is 1. The minimum Gasteiger partial charge on any atom is -0.481 e. The Morgan fingerprint density at radius 2 is 2.00 bits per heavy atom. The summed E-state index contributed by atoms with van der Waals surface area (Å²) in [5.41, 5.74) is 1.26. The van der Waals surface area contributed by atoms with Crippen molar-refractivity contribution in [3.05, 3.63) is 48.5 Å². The number of carbonyl (C=O) groups is 2. The molecule has 0 fully saturated rings. The van der Waals surface area contributed by atoms with Gasteiger partial charge in [-0.3, -0.25) is 14.2 Å². The normalized spacial score (nSPS) is 10.3. The lowest BCUT2D eigenvalue weighted by Gasteiger charge is -2.20. The summed E-state index contributed by atoms with van der Waals surface area (Å²) in [6.07, 6.45) is 3.01. The Balaban J connectivity index is 2.23. The standard InChI is InChI=1S/C15H17N3O3/c1-2-17(9-8-14(19)20)15(21)13-10-16-11-18(13)12-6-4-3-5-7-12/h3-7,10-11H,2,8-9H2,1H3,(H,19,20). The van der Waals surface area contributed by atoms with Crippen LogP contribution in [-0.2, 0) is 4.79 Å². The molecule has 21 heavy (non-hydrogen) atoms. The number of para-hydroxylation sites is 1. The third kappa shape index (κ3) is 3.47. The molecular formula is C15H17N3O3. The maximum atomic E-state index is 12.5. The van der Waals surface area contributed by atoms with E-state index < -0.39 is 5.97 Å². The molecule has 0 aliphatic carbocycles. The van der Waals surface area contributed by atoms with E-state index in [4.69, 9.17) is 5.11 Å². The first kappa shape index (κ1) is 14.8. The van der Waals surface area contributed by atoms with Gasteiger partial charge >= 0.3 is 5.97 Å². The fourth-order valence-electron chi connectivity index (χ4n) is 2.04. The number of nitrogens with zero attached hydrogens (tertiary/aromatic N) is 3. The minimum atomic E-state index is -0.919. The van der Waals surface area contributed by atoms with Crippen molar-refractivity contribution < 1.29 is 14.7 Å². The van der Waals surface area contributed by atoms with Crippen LogP contribution >= 0.6 is 0 Å². The molecule has 1 heterocycles. The summed E-state index contributed by atoms with van der Waals surface area (Å²) in [4.78, 5) is 28.7. The van der Waals surface area contributed by atoms with Gasteiger partial charge in [-0.15, -0.1) is 0 Å². The maximum Gasteiger partial charge on any atom is 0.305 e. The Labute approximate surface area is 122 Å². The maximum absolute atomic E-state index is 12.5. The number of aromatic nitrogens is 2. The zero-order valence-electron chi connectivity index (χ0n) is 11.8. The Kier molecular flexibility index (Phi) is 4.71. The Bertz CT molecular complexity index is 622. The van der Waals surface area contributed by atoms with Gasteiger partial charge in [0.25, 0.3) is 5.91 Å². The molecule has 0 unspecified atom stereocenters. The van der Waals surface area contributed by atoms with Crippen LogP contribution in [0, 0.1) is 0 Å². The Morgan fingerprint density at radius 3 is 2.62 bits per heavy atom. The van der Waals surface area contributed by atoms with Crippen molar-refractivity contribution in [1.29, 1.82) is 0 Å². The van der Waals surface area contributed by atoms with Gasteiger partial charge in [0.1, 0.15) is 5.69 Å². The molecular weight excluding hydrogens is 270 g/mol. The molecule has 2 aromatic rings. The molecule has 0 atom stereocenters. The van der Waals surface area contributed by atoms with Crippen LogP contribution in [0.4, 0.5) is 0 Å². The van der Waals surface area contributed by atoms with Gasteiger partial charge in [0.05, 0.1) is 18.9 Å². The third-order valence-corrected chi connectivity index (χ3v) is 3.16. The summed E-state index contributed by atoms with van der Waals surface area (Å²) in [5, 5.41) is 8.75. The minimum absolute atomic E-state index is 0.0704. The molecule has 1 N–H and O–H groups in total. The molecule has 2 rings (SSSR count). The predicted octanol–water partition coefficient (Wildman–Crippen LogP) is 1.81. The van der Waals surface area contributed by atoms with E-state index in [1.54, 1.807) is 10.9 Å². The zero-order valence-corrected chi connectivity index (χ0v) is 11.8. The average Bonchev–Trinajstić information content (AvgIpc) is 2.97. The van der Waals surface area contributed by atoms with Gasteiger partial charge in [-0.05, 0) is 19.1 Å². The summed E-state index contributed by atoms with van der Waals surface area (Å²) >= 11 is 0. The van der Waals surface area contributed by atoms with E-state index in [9.17, 15) is 9.59 Å². The van der Waals surface area contributed by atoms with Gasteiger partial charge < -0.3 is 10.0 Å². The molecule has 1 aromatic heterocycles. The molecule has 0 bridgehead atoms. The molecule has 0 radical (unpaired) electrons. The smallest absolute Gasteiger partial charge is 0.305 e. The zero-order chi connectivity index (χ0) is 15.2. The number of aliphatic carboxylic acids is 1. The van der Waals surface area contributed by atoms with E-state index in [-0.39, 0.29) is 18.9 Å². The molecule has 0 saturated heterocycles. The fraction of sp³-hybridized carbons (Fsp3) is 0.267. The van der Waals surface area contributed by atoms with Crippen molar-refractivity contribution in [1.82, 2.24) is 14.5 Å². The number of rotatable bonds is 6. The first-order valence-electron chi connectivity index (χ1n) is 6.72. The van der Waals surface area contributed by atoms with Crippen LogP contribution in [-0.4, -0.2) is 44.5 Å². The van der Waals surface area contributed by atoms with E-state index in [2.05, 4.69) is 4.98 Å². The number of hydrogen-bond acceptors (Lipinski definition) is 3. The lowest BCUT2D eigenvalue weighted by Crippen LogP contribution is -2.34. The van der Waals surface area contributed by atoms with E-state index in [0.29, 0.717) is 12.2 Å². The molecule has 6 heteroatoms. The second-order valence-electron chi connectivity index (χ2n) is 4.51. The molecule has 0 spiro atoms. The third-order valence-electron chi connectivity index (χ3n) is 3.16. The number of carboxylic acids is 1. The number of carboxylic acid groups (broad SMARTS) is 1. The average molecular weight is 287 g/mol. The van der Waals surface area contributed by atoms with Crippen LogP contribution in [0.25, 0.3) is 5.69 Å². The van der Waals surface area contributed by atoms with E-state index in [1.165, 1.54) is 11.1 Å². The van der Waals surface area contributed by atoms with Crippen molar-refractivity contribution in [2.45, 2.75) is 13.3 Å². The predicted molar refractivity (Wildman–Crippen MR) is 77.4 cm³/mol. The van der Waals surface area contributed by atoms with Crippen LogP contribution in [0.1, 0.15) is 23.8 Å². The summed E-state index contributed by atoms with van der Waals surface area (Å²) in [6.45, 7) is 2.46. The quantitative estimate of drug-likeness (QED) is 0.879. The van der Waals surface area contributed by atoms with Crippen molar-refractivity contribution in [3.63, 3.8) is 0 Å². The Hall–Kier alpha value is -2.63. The van der Waals surface area contributed by atoms with Gasteiger partial charge in [0.2, 0.25) is 0 Å². The van der Waals surface area contributed by atoms with Crippen molar-refractivity contribution >= 4 is 11.9 Å². The fourth-order valence-corrected chi connectivity index (χ4v) is 2.04. The van der Waals surface area contributed by atoms with Crippen LogP contribution in [0.15, 0.2) is 42.9 Å². The van der Waals surface area contributed by atoms with E-state index in [1.807, 2.05) is 37.3 Å². The SMILES string of the molecule is CCN(CCC(=O)O)C(=O)c1cncn1-c1ccccc1. The molecule has 0 saturated carbocycles. The van der Waals surface area contributed by atoms with Gasteiger partial charge in [0, 0.05) is 18.8 Å². The number of benzene rings is 1. The topological polar surface area (TPSA) is 75.4 Å². The molecule has 0 aliphatic rings. The molecule has 6 nitrogen and oxygen atoms in total. The van der Waals surface area contributed by atoms with Crippen molar-refractivity contribution in [2.24, 2.45) is 0 Å². The van der Waals surface area contributed by atoms with E-state index >= 15 is 0 Å². The number of amides is 1. The lowest BCUT2D eigenvalue weighted by molar-refractivity contribution is -0.137. The largest absolute Gasteiger partial charge is 0.481 e. The molecule has 0 aliphatic heterocycles. The first-order valence-corrected chi connectivity index (χ1v) is 6.72. The molecule has 1 aromatic carbocycles. The highest BCUT2D eigenvalue weighted by atomic mass is 16.4. The van der Waals surface area contributed by atoms with Crippen LogP contribution < -0.4 is 0 Å². The van der Waals surface area contributed by atoms with Gasteiger partial charge in [-0.1, -0.05) is 18.2 Å². The summed E-state index contributed by atoms with van der Waals surface area (Å²) in [7, 11) is 0. The van der Waals surface area contributed by atoms with Crippen molar-refractivity contribution in [3.8, 4) is 5.69 Å². The summed E-state index contributed by atoms with van der Waals surface area (Å²) in [6, 6.07) is 9.42. The van der Waals surface area contributed by atoms with Crippen LogP contribution in [0.3, 0.4) is 0 Å². The highest BCUT2D eigenvalue weighted by Gasteiger charge is 2.19. The van der Waals surface area contributed by atoms with Crippen LogP contribution in [0.2, 0.25) is 0 Å². The molecule has 110 valence electrons. The Morgan fingerprint density at radius 1 is 1.29 bits per heavy atom. The summed E-state index contributed by atoms with van der Waals surface area (Å²) in [5.74, 6) is -1.14. The van der Waals surface area contributed by atoms with Crippen molar-refractivity contribution in [2.75, 3.05) is 13.1 Å². The van der Waals surface area contributed by atoms with Gasteiger partial charge in [0.15, 0.2) is 0 Å². The molecule has 1 amide bonds. The van der Waals surface area contributed by atoms with Gasteiger partial charge in [-0.2, -0.15) is 0 Å². The highest BCUT2D eigenvalue weighted by Crippen LogP contribution is 2.13. The first-order chi connectivity index (χ1) is 10.1. The van der Waals surface area contributed by atoms with E-state index in [0.717, 1.165) is 5.69 Å². The number of hydrogen-bond donors (Lipinski definition) is 1. The van der Waals surface area contributed by atoms with Crippen LogP contribution in [0.5, 0.6) is 0 Å². The summed E-state index contributed by atoms with van der Waals surface area (Å²) < 4.78 is 1.70. The second kappa shape index (κ2) is 6.69. The highest BCUT2D eigenvalue weighted by molar-refractivity contribution is 5.93. The number of imidazole rings is 1. The lowest BCUT2D eigenvalue weighted by atomic mass is 10.3.